The van der Waals surface area contributed by atoms with Crippen molar-refractivity contribution in [3.8, 4) is 5.75 Å². The number of aromatic nitrogens is 3. The van der Waals surface area contributed by atoms with Crippen LogP contribution in [0.5, 0.6) is 5.75 Å². The lowest BCUT2D eigenvalue weighted by Crippen LogP contribution is -2.28. The fourth-order valence-corrected chi connectivity index (χ4v) is 2.43. The molecule has 1 saturated heterocycles. The molecule has 0 spiro atoms. The first-order chi connectivity index (χ1) is 11.3. The molecule has 2 aromatic rings. The van der Waals surface area contributed by atoms with Crippen LogP contribution in [0.15, 0.2) is 36.5 Å². The zero-order valence-corrected chi connectivity index (χ0v) is 12.9. The third kappa shape index (κ3) is 4.53. The molecule has 2 heterocycles. The summed E-state index contributed by atoms with van der Waals surface area (Å²) in [7, 11) is 0. The van der Waals surface area contributed by atoms with Crippen molar-refractivity contribution in [2.45, 2.75) is 25.5 Å². The van der Waals surface area contributed by atoms with Crippen LogP contribution in [0, 0.1) is 0 Å². The monoisotopic (exact) mass is 316 g/mol. The number of para-hydroxylation sites is 1. The lowest BCUT2D eigenvalue weighted by molar-refractivity contribution is 0.0928. The van der Waals surface area contributed by atoms with Crippen molar-refractivity contribution in [1.82, 2.24) is 20.3 Å². The normalized spacial score (nSPS) is 17.1. The SMILES string of the molecule is O=C(NCCOc1ccccc1)c1cn(C[C@@H]2CCCO2)nn1. The molecule has 1 aromatic heterocycles. The number of hydrogen-bond donors (Lipinski definition) is 1. The van der Waals surface area contributed by atoms with Crippen LogP contribution in [0.3, 0.4) is 0 Å². The summed E-state index contributed by atoms with van der Waals surface area (Å²) in [6.45, 7) is 2.25. The number of nitrogens with zero attached hydrogens (tertiary/aromatic N) is 3. The number of benzene rings is 1. The molecule has 7 nitrogen and oxygen atoms in total. The first-order valence-corrected chi connectivity index (χ1v) is 7.79. The van der Waals surface area contributed by atoms with Crippen molar-refractivity contribution in [1.29, 1.82) is 0 Å². The van der Waals surface area contributed by atoms with Crippen LogP contribution in [-0.2, 0) is 11.3 Å². The summed E-state index contributed by atoms with van der Waals surface area (Å²) in [5.74, 6) is 0.532. The fraction of sp³-hybridized carbons (Fsp3) is 0.438. The van der Waals surface area contributed by atoms with Crippen LogP contribution in [0.25, 0.3) is 0 Å². The Labute approximate surface area is 134 Å². The highest BCUT2D eigenvalue weighted by Crippen LogP contribution is 2.13. The lowest BCUT2D eigenvalue weighted by Gasteiger charge is -2.07. The molecule has 0 radical (unpaired) electrons. The number of carbonyl (C=O) groups excluding carboxylic acids is 1. The summed E-state index contributed by atoms with van der Waals surface area (Å²) in [6, 6.07) is 9.48. The molecule has 1 atom stereocenters. The summed E-state index contributed by atoms with van der Waals surface area (Å²) in [5.41, 5.74) is 0.308. The molecule has 1 aromatic carbocycles. The fourth-order valence-electron chi connectivity index (χ4n) is 2.43. The molecule has 1 fully saturated rings. The van der Waals surface area contributed by atoms with E-state index >= 15 is 0 Å². The van der Waals surface area contributed by atoms with Crippen LogP contribution in [0.2, 0.25) is 0 Å². The van der Waals surface area contributed by atoms with Gasteiger partial charge in [-0.15, -0.1) is 5.10 Å². The molecule has 23 heavy (non-hydrogen) atoms. The minimum Gasteiger partial charge on any atom is -0.492 e. The van der Waals surface area contributed by atoms with Crippen molar-refractivity contribution < 1.29 is 14.3 Å². The van der Waals surface area contributed by atoms with Gasteiger partial charge in [-0.1, -0.05) is 23.4 Å². The molecule has 7 heteroatoms. The molecular weight excluding hydrogens is 296 g/mol. The molecule has 1 aliphatic heterocycles. The summed E-state index contributed by atoms with van der Waals surface area (Å²) >= 11 is 0. The Morgan fingerprint density at radius 2 is 2.26 bits per heavy atom. The highest BCUT2D eigenvalue weighted by Gasteiger charge is 2.18. The first-order valence-electron chi connectivity index (χ1n) is 7.79. The van der Waals surface area contributed by atoms with Gasteiger partial charge in [0.1, 0.15) is 12.4 Å². The summed E-state index contributed by atoms with van der Waals surface area (Å²) in [5, 5.41) is 10.6. The number of nitrogens with one attached hydrogen (secondary N) is 1. The zero-order chi connectivity index (χ0) is 15.9. The number of rotatable bonds is 7. The van der Waals surface area contributed by atoms with E-state index in [1.54, 1.807) is 10.9 Å². The van der Waals surface area contributed by atoms with E-state index in [1.165, 1.54) is 0 Å². The average molecular weight is 316 g/mol. The number of ether oxygens (including phenoxy) is 2. The van der Waals surface area contributed by atoms with E-state index in [1.807, 2.05) is 30.3 Å². The molecule has 0 saturated carbocycles. The predicted octanol–water partition coefficient (Wildman–Crippen LogP) is 1.27. The Balaban J connectivity index is 1.40. The van der Waals surface area contributed by atoms with E-state index in [-0.39, 0.29) is 12.0 Å². The Kier molecular flexibility index (Phi) is 5.21. The van der Waals surface area contributed by atoms with Gasteiger partial charge < -0.3 is 14.8 Å². The van der Waals surface area contributed by atoms with Gasteiger partial charge in [0.15, 0.2) is 5.69 Å². The molecule has 1 aliphatic rings. The average Bonchev–Trinajstić information content (AvgIpc) is 3.25. The lowest BCUT2D eigenvalue weighted by atomic mass is 10.2. The van der Waals surface area contributed by atoms with Gasteiger partial charge in [-0.3, -0.25) is 4.79 Å². The van der Waals surface area contributed by atoms with Gasteiger partial charge in [0, 0.05) is 6.61 Å². The standard InChI is InChI=1S/C16H20N4O3/c21-16(17-8-10-23-13-5-2-1-3-6-13)15-12-20(19-18-15)11-14-7-4-9-22-14/h1-3,5-6,12,14H,4,7-11H2,(H,17,21)/t14-/m0/s1. The Morgan fingerprint density at radius 3 is 3.04 bits per heavy atom. The third-order valence-electron chi connectivity index (χ3n) is 3.59. The van der Waals surface area contributed by atoms with Gasteiger partial charge in [0.05, 0.1) is 25.4 Å². The van der Waals surface area contributed by atoms with Crippen molar-refractivity contribution in [2.75, 3.05) is 19.8 Å². The minimum absolute atomic E-state index is 0.173. The highest BCUT2D eigenvalue weighted by molar-refractivity contribution is 5.91. The minimum atomic E-state index is -0.250. The van der Waals surface area contributed by atoms with Crippen LogP contribution < -0.4 is 10.1 Å². The van der Waals surface area contributed by atoms with Crippen molar-refractivity contribution in [2.24, 2.45) is 0 Å². The van der Waals surface area contributed by atoms with E-state index in [2.05, 4.69) is 15.6 Å². The Hall–Kier alpha value is -2.41. The van der Waals surface area contributed by atoms with E-state index in [9.17, 15) is 4.79 Å². The van der Waals surface area contributed by atoms with Gasteiger partial charge in [-0.25, -0.2) is 4.68 Å². The largest absolute Gasteiger partial charge is 0.492 e. The van der Waals surface area contributed by atoms with Gasteiger partial charge in [-0.05, 0) is 25.0 Å². The molecule has 122 valence electrons. The summed E-state index contributed by atoms with van der Waals surface area (Å²) < 4.78 is 12.7. The molecule has 0 aliphatic carbocycles. The quantitative estimate of drug-likeness (QED) is 0.778. The Bertz CT molecular complexity index is 623. The van der Waals surface area contributed by atoms with Crippen LogP contribution >= 0.6 is 0 Å². The summed E-state index contributed by atoms with van der Waals surface area (Å²) in [6.07, 6.45) is 3.92. The van der Waals surface area contributed by atoms with Crippen LogP contribution in [0.4, 0.5) is 0 Å². The number of amides is 1. The molecular formula is C16H20N4O3. The first kappa shape index (κ1) is 15.5. The smallest absolute Gasteiger partial charge is 0.273 e. The van der Waals surface area contributed by atoms with Gasteiger partial charge in [0.25, 0.3) is 5.91 Å². The molecule has 0 bridgehead atoms. The maximum absolute atomic E-state index is 12.0. The highest BCUT2D eigenvalue weighted by atomic mass is 16.5. The van der Waals surface area contributed by atoms with E-state index in [4.69, 9.17) is 9.47 Å². The number of carbonyl (C=O) groups is 1. The second kappa shape index (κ2) is 7.73. The third-order valence-corrected chi connectivity index (χ3v) is 3.59. The van der Waals surface area contributed by atoms with Crippen LogP contribution in [-0.4, -0.2) is 46.8 Å². The van der Waals surface area contributed by atoms with Crippen molar-refractivity contribution >= 4 is 5.91 Å². The van der Waals surface area contributed by atoms with Crippen molar-refractivity contribution in [3.05, 3.63) is 42.2 Å². The molecule has 1 amide bonds. The molecule has 3 rings (SSSR count). The maximum Gasteiger partial charge on any atom is 0.273 e. The maximum atomic E-state index is 12.0. The Morgan fingerprint density at radius 1 is 1.39 bits per heavy atom. The zero-order valence-electron chi connectivity index (χ0n) is 12.9. The molecule has 1 N–H and O–H groups in total. The van der Waals surface area contributed by atoms with E-state index < -0.39 is 0 Å². The van der Waals surface area contributed by atoms with E-state index in [0.717, 1.165) is 25.2 Å². The van der Waals surface area contributed by atoms with Crippen molar-refractivity contribution in [3.63, 3.8) is 0 Å². The topological polar surface area (TPSA) is 78.3 Å². The second-order valence-electron chi connectivity index (χ2n) is 5.38. The summed E-state index contributed by atoms with van der Waals surface area (Å²) in [4.78, 5) is 12.0. The van der Waals surface area contributed by atoms with Gasteiger partial charge >= 0.3 is 0 Å². The van der Waals surface area contributed by atoms with Gasteiger partial charge in [0.2, 0.25) is 0 Å². The number of hydrogen-bond acceptors (Lipinski definition) is 5. The predicted molar refractivity (Wildman–Crippen MR) is 83.3 cm³/mol. The van der Waals surface area contributed by atoms with E-state index in [0.29, 0.717) is 25.4 Å². The molecule has 0 unspecified atom stereocenters. The van der Waals surface area contributed by atoms with Gasteiger partial charge in [-0.2, -0.15) is 0 Å². The van der Waals surface area contributed by atoms with Crippen LogP contribution in [0.1, 0.15) is 23.3 Å². The second-order valence-corrected chi connectivity index (χ2v) is 5.38.